The first kappa shape index (κ1) is 25.6. The first-order chi connectivity index (χ1) is 14.9. The Morgan fingerprint density at radius 1 is 0.938 bits per heavy atom. The van der Waals surface area contributed by atoms with E-state index in [-0.39, 0.29) is 13.0 Å². The van der Waals surface area contributed by atoms with Crippen LogP contribution in [0.4, 0.5) is 0 Å². The first-order valence-electron chi connectivity index (χ1n) is 13.7. The molecule has 0 saturated heterocycles. The Labute approximate surface area is 197 Å². The summed E-state index contributed by atoms with van der Waals surface area (Å²) in [4.78, 5) is 11.3. The van der Waals surface area contributed by atoms with E-state index in [0.717, 1.165) is 47.6 Å². The molecule has 0 spiro atoms. The number of hydrogen-bond donors (Lipinski definition) is 2. The zero-order chi connectivity index (χ0) is 22.2. The normalized spacial score (nSPS) is 42.5. The lowest BCUT2D eigenvalue weighted by Gasteiger charge is -2.62. The highest BCUT2D eigenvalue weighted by molar-refractivity contribution is 5.10. The van der Waals surface area contributed by atoms with Crippen molar-refractivity contribution < 1.29 is 0 Å². The molecule has 32 heavy (non-hydrogen) atoms. The highest BCUT2D eigenvalue weighted by Gasteiger charge is 2.60. The first-order valence-corrected chi connectivity index (χ1v) is 13.7. The fourth-order valence-corrected chi connectivity index (χ4v) is 9.44. The minimum atomic E-state index is 0. The predicted octanol–water partition coefficient (Wildman–Crippen LogP) is 7.98. The number of hydrogen-bond acceptors (Lipinski definition) is 1. The maximum atomic E-state index is 11.3. The molecule has 1 heterocycles. The van der Waals surface area contributed by atoms with Crippen LogP contribution >= 0.6 is 0 Å². The second-order valence-electron chi connectivity index (χ2n) is 11.9. The van der Waals surface area contributed by atoms with Crippen LogP contribution in [0.5, 0.6) is 0 Å². The molecule has 184 valence electrons. The van der Waals surface area contributed by atoms with Crippen LogP contribution in [0, 0.1) is 46.3 Å². The van der Waals surface area contributed by atoms with Crippen LogP contribution in [-0.2, 0) is 6.42 Å². The third-order valence-corrected chi connectivity index (χ3v) is 10.8. The fourth-order valence-electron chi connectivity index (χ4n) is 9.44. The third-order valence-electron chi connectivity index (χ3n) is 10.8. The van der Waals surface area contributed by atoms with Crippen molar-refractivity contribution in [1.82, 2.24) is 10.2 Å². The lowest BCUT2D eigenvalue weighted by Crippen LogP contribution is -2.55. The number of rotatable bonds is 4. The molecule has 1 aromatic heterocycles. The average molecular weight is 445 g/mol. The van der Waals surface area contributed by atoms with Crippen molar-refractivity contribution >= 4 is 0 Å². The molecule has 3 unspecified atom stereocenters. The summed E-state index contributed by atoms with van der Waals surface area (Å²) in [5.74, 6) is 5.81. The molecule has 0 aliphatic heterocycles. The van der Waals surface area contributed by atoms with E-state index >= 15 is 0 Å². The molecule has 4 saturated carbocycles. The highest BCUT2D eigenvalue weighted by Crippen LogP contribution is 2.68. The standard InChI is InChI=1S/C26H42N2O.C2H6.CH4/c1-17-15-20-22-11-10-18(7-6-8-19-16-24(29)28-27-19)25(22,2)14-12-23(20)26(3)13-5-4-9-21(17)26;1-2;/h16-18,20-23H,4-15H2,1-3H3,(H2,27,28,29);1-2H3;1H4/t17-,18?,20-,21?,22?,23-,25+,26-;;/m0../s1. The van der Waals surface area contributed by atoms with Gasteiger partial charge in [-0.2, -0.15) is 0 Å². The van der Waals surface area contributed by atoms with Gasteiger partial charge in [-0.25, -0.2) is 0 Å². The molecule has 1 aromatic rings. The van der Waals surface area contributed by atoms with Gasteiger partial charge in [0.15, 0.2) is 0 Å². The highest BCUT2D eigenvalue weighted by atomic mass is 16.1. The molecule has 0 aromatic carbocycles. The number of aryl methyl sites for hydroxylation is 1. The van der Waals surface area contributed by atoms with E-state index in [1.165, 1.54) is 70.6 Å². The lowest BCUT2D eigenvalue weighted by atomic mass is 9.43. The van der Waals surface area contributed by atoms with Crippen LogP contribution in [0.15, 0.2) is 10.9 Å². The van der Waals surface area contributed by atoms with E-state index in [9.17, 15) is 4.79 Å². The summed E-state index contributed by atoms with van der Waals surface area (Å²) < 4.78 is 0. The molecule has 4 aliphatic rings. The van der Waals surface area contributed by atoms with Crippen molar-refractivity contribution in [1.29, 1.82) is 0 Å². The Morgan fingerprint density at radius 2 is 1.69 bits per heavy atom. The minimum Gasteiger partial charge on any atom is -0.302 e. The van der Waals surface area contributed by atoms with E-state index in [2.05, 4.69) is 31.0 Å². The van der Waals surface area contributed by atoms with Gasteiger partial charge in [-0.3, -0.25) is 9.89 Å². The average Bonchev–Trinajstić information content (AvgIpc) is 3.32. The van der Waals surface area contributed by atoms with Crippen LogP contribution < -0.4 is 5.56 Å². The second kappa shape index (κ2) is 10.1. The predicted molar refractivity (Wildman–Crippen MR) is 137 cm³/mol. The van der Waals surface area contributed by atoms with Gasteiger partial charge in [0.1, 0.15) is 0 Å². The topological polar surface area (TPSA) is 48.6 Å². The van der Waals surface area contributed by atoms with E-state index in [1.807, 2.05) is 13.8 Å². The lowest BCUT2D eigenvalue weighted by molar-refractivity contribution is -0.131. The Kier molecular flexibility index (Phi) is 8.09. The number of aromatic amines is 2. The van der Waals surface area contributed by atoms with E-state index < -0.39 is 0 Å². The van der Waals surface area contributed by atoms with E-state index in [1.54, 1.807) is 6.07 Å². The maximum absolute atomic E-state index is 11.3. The summed E-state index contributed by atoms with van der Waals surface area (Å²) in [7, 11) is 0. The molecule has 4 fully saturated rings. The van der Waals surface area contributed by atoms with E-state index in [0.29, 0.717) is 10.8 Å². The van der Waals surface area contributed by atoms with Gasteiger partial charge in [0.05, 0.1) is 0 Å². The molecule has 0 bridgehead atoms. The zero-order valence-corrected chi connectivity index (χ0v) is 20.9. The SMILES string of the molecule is C.CC.C[C@H]1C[C@H]2C3CCC(CCCc4cc(=O)[nH][nH]4)[C@@]3(C)CC[C@@H]2[C@@]2(C)CCCCC12. The smallest absolute Gasteiger partial charge is 0.264 e. The molecule has 3 nitrogen and oxygen atoms in total. The summed E-state index contributed by atoms with van der Waals surface area (Å²) in [6.45, 7) is 12.0. The molecule has 8 atom stereocenters. The van der Waals surface area contributed by atoms with Crippen LogP contribution in [0.25, 0.3) is 0 Å². The number of aromatic nitrogens is 2. The summed E-state index contributed by atoms with van der Waals surface area (Å²) in [6.07, 6.45) is 17.0. The Bertz CT molecular complexity index is 780. The monoisotopic (exact) mass is 444 g/mol. The van der Waals surface area contributed by atoms with Crippen molar-refractivity contribution in [2.75, 3.05) is 0 Å². The maximum Gasteiger partial charge on any atom is 0.264 e. The van der Waals surface area contributed by atoms with Crippen LogP contribution in [0.3, 0.4) is 0 Å². The second-order valence-corrected chi connectivity index (χ2v) is 11.9. The van der Waals surface area contributed by atoms with E-state index in [4.69, 9.17) is 0 Å². The van der Waals surface area contributed by atoms with Gasteiger partial charge < -0.3 is 5.10 Å². The largest absolute Gasteiger partial charge is 0.302 e. The van der Waals surface area contributed by atoms with Crippen molar-refractivity contribution in [2.45, 2.75) is 119 Å². The molecule has 2 N–H and O–H groups in total. The van der Waals surface area contributed by atoms with Gasteiger partial charge in [0.25, 0.3) is 5.56 Å². The van der Waals surface area contributed by atoms with Gasteiger partial charge in [-0.1, -0.05) is 54.9 Å². The number of nitrogens with one attached hydrogen (secondary N) is 2. The van der Waals surface area contributed by atoms with Crippen molar-refractivity contribution in [3.05, 3.63) is 22.1 Å². The van der Waals surface area contributed by atoms with Crippen LogP contribution in [0.1, 0.15) is 118 Å². The Balaban J connectivity index is 0.000000938. The van der Waals surface area contributed by atoms with Gasteiger partial charge in [-0.15, -0.1) is 0 Å². The molecule has 5 rings (SSSR count). The van der Waals surface area contributed by atoms with Gasteiger partial charge >= 0.3 is 0 Å². The molecule has 4 aliphatic carbocycles. The molecule has 0 amide bonds. The molecule has 3 heteroatoms. The summed E-state index contributed by atoms with van der Waals surface area (Å²) in [6, 6.07) is 1.73. The quantitative estimate of drug-likeness (QED) is 0.486. The number of fused-ring (bicyclic) bond motifs is 5. The number of H-pyrrole nitrogens is 2. The Morgan fingerprint density at radius 3 is 2.41 bits per heavy atom. The molecular formula is C29H52N2O. The summed E-state index contributed by atoms with van der Waals surface area (Å²) >= 11 is 0. The van der Waals surface area contributed by atoms with Gasteiger partial charge in [-0.05, 0) is 111 Å². The third kappa shape index (κ3) is 4.27. The van der Waals surface area contributed by atoms with Crippen molar-refractivity contribution in [3.63, 3.8) is 0 Å². The summed E-state index contributed by atoms with van der Waals surface area (Å²) in [5, 5.41) is 5.71. The minimum absolute atomic E-state index is 0. The van der Waals surface area contributed by atoms with Crippen molar-refractivity contribution in [3.8, 4) is 0 Å². The van der Waals surface area contributed by atoms with Gasteiger partial charge in [0, 0.05) is 11.8 Å². The van der Waals surface area contributed by atoms with Crippen molar-refractivity contribution in [2.24, 2.45) is 46.3 Å². The Hall–Kier alpha value is -0.990. The molecule has 0 radical (unpaired) electrons. The van der Waals surface area contributed by atoms with Crippen LogP contribution in [0.2, 0.25) is 0 Å². The van der Waals surface area contributed by atoms with Crippen LogP contribution in [-0.4, -0.2) is 10.2 Å². The zero-order valence-electron chi connectivity index (χ0n) is 20.9. The summed E-state index contributed by atoms with van der Waals surface area (Å²) in [5.41, 5.74) is 2.30. The molecular weight excluding hydrogens is 392 g/mol. The fraction of sp³-hybridized carbons (Fsp3) is 0.897. The van der Waals surface area contributed by atoms with Gasteiger partial charge in [0.2, 0.25) is 0 Å².